The van der Waals surface area contributed by atoms with Crippen molar-refractivity contribution in [3.8, 4) is 5.82 Å². The summed E-state index contributed by atoms with van der Waals surface area (Å²) in [7, 11) is 0. The van der Waals surface area contributed by atoms with Crippen LogP contribution in [-0.4, -0.2) is 31.3 Å². The predicted molar refractivity (Wildman–Crippen MR) is 126 cm³/mol. The molecule has 0 radical (unpaired) electrons. The van der Waals surface area contributed by atoms with Crippen molar-refractivity contribution in [1.29, 1.82) is 0 Å². The molecule has 5 aromatic rings. The lowest BCUT2D eigenvalue weighted by molar-refractivity contribution is 0.103. The molecule has 2 N–H and O–H groups in total. The van der Waals surface area contributed by atoms with Crippen LogP contribution >= 0.6 is 0 Å². The van der Waals surface area contributed by atoms with Gasteiger partial charge in [-0.25, -0.2) is 23.5 Å². The molecule has 2 aromatic heterocycles. The molecule has 0 atom stereocenters. The van der Waals surface area contributed by atoms with Crippen molar-refractivity contribution in [2.24, 2.45) is 0 Å². The maximum Gasteiger partial charge on any atom is 0.323 e. The SMILES string of the molecule is O=C(Nc1cccc(F)c1)Nc1cc(F)cc(C(=O)c2ccc3ncc(-n4ccnc4)nc3c2)c1. The molecule has 5 rings (SSSR count). The van der Waals surface area contributed by atoms with Crippen LogP contribution in [0.25, 0.3) is 16.9 Å². The van der Waals surface area contributed by atoms with Crippen molar-refractivity contribution in [3.05, 3.63) is 108 Å². The lowest BCUT2D eigenvalue weighted by Crippen LogP contribution is -2.20. The van der Waals surface area contributed by atoms with Gasteiger partial charge >= 0.3 is 6.03 Å². The summed E-state index contributed by atoms with van der Waals surface area (Å²) in [6.07, 6.45) is 6.50. The number of nitrogens with one attached hydrogen (secondary N) is 2. The topological polar surface area (TPSA) is 102 Å². The number of imidazole rings is 1. The highest BCUT2D eigenvalue weighted by Gasteiger charge is 2.15. The molecule has 172 valence electrons. The number of rotatable bonds is 5. The largest absolute Gasteiger partial charge is 0.323 e. The normalized spacial score (nSPS) is 10.8. The zero-order valence-electron chi connectivity index (χ0n) is 17.9. The van der Waals surface area contributed by atoms with Gasteiger partial charge in [-0.2, -0.15) is 0 Å². The summed E-state index contributed by atoms with van der Waals surface area (Å²) in [6, 6.07) is 12.9. The second-order valence-electron chi connectivity index (χ2n) is 7.55. The van der Waals surface area contributed by atoms with Crippen LogP contribution in [0.1, 0.15) is 15.9 Å². The summed E-state index contributed by atoms with van der Waals surface area (Å²) in [5, 5.41) is 4.90. The van der Waals surface area contributed by atoms with Gasteiger partial charge in [0.05, 0.1) is 17.2 Å². The van der Waals surface area contributed by atoms with Gasteiger partial charge in [0.1, 0.15) is 18.0 Å². The summed E-state index contributed by atoms with van der Waals surface area (Å²) in [4.78, 5) is 38.2. The number of aromatic nitrogens is 4. The Morgan fingerprint density at radius 1 is 0.829 bits per heavy atom. The van der Waals surface area contributed by atoms with Crippen LogP contribution in [0.15, 0.2) is 85.6 Å². The van der Waals surface area contributed by atoms with E-state index in [-0.39, 0.29) is 22.5 Å². The third-order valence-electron chi connectivity index (χ3n) is 5.06. The van der Waals surface area contributed by atoms with E-state index in [0.717, 1.165) is 18.2 Å². The molecule has 0 fully saturated rings. The van der Waals surface area contributed by atoms with E-state index in [2.05, 4.69) is 25.6 Å². The summed E-state index contributed by atoms with van der Waals surface area (Å²) in [5.41, 5.74) is 1.65. The second-order valence-corrected chi connectivity index (χ2v) is 7.55. The number of anilines is 2. The molecule has 0 saturated heterocycles. The molecule has 35 heavy (non-hydrogen) atoms. The minimum atomic E-state index is -0.715. The fourth-order valence-electron chi connectivity index (χ4n) is 3.48. The number of nitrogens with zero attached hydrogens (tertiary/aromatic N) is 4. The van der Waals surface area contributed by atoms with Gasteiger partial charge in [-0.3, -0.25) is 14.3 Å². The Morgan fingerprint density at radius 3 is 2.46 bits per heavy atom. The molecule has 0 aliphatic heterocycles. The molecular formula is C25H16F2N6O2. The first-order valence-corrected chi connectivity index (χ1v) is 10.4. The lowest BCUT2D eigenvalue weighted by atomic mass is 10.0. The monoisotopic (exact) mass is 470 g/mol. The van der Waals surface area contributed by atoms with E-state index in [4.69, 9.17) is 0 Å². The minimum absolute atomic E-state index is 0.0316. The van der Waals surface area contributed by atoms with Crippen LogP contribution in [0.4, 0.5) is 25.0 Å². The fourth-order valence-corrected chi connectivity index (χ4v) is 3.48. The smallest absolute Gasteiger partial charge is 0.308 e. The predicted octanol–water partition coefficient (Wildman–Crippen LogP) is 4.97. The van der Waals surface area contributed by atoms with Gasteiger partial charge in [-0.1, -0.05) is 6.07 Å². The highest BCUT2D eigenvalue weighted by Crippen LogP contribution is 2.21. The summed E-state index contributed by atoms with van der Waals surface area (Å²) in [5.74, 6) is -1.16. The lowest BCUT2D eigenvalue weighted by Gasteiger charge is -2.10. The van der Waals surface area contributed by atoms with Crippen molar-refractivity contribution >= 4 is 34.2 Å². The Bertz CT molecular complexity index is 1570. The molecule has 0 aliphatic carbocycles. The zero-order valence-corrected chi connectivity index (χ0v) is 17.9. The molecule has 0 bridgehead atoms. The number of amides is 2. The van der Waals surface area contributed by atoms with E-state index in [1.165, 1.54) is 24.3 Å². The number of halogens is 2. The van der Waals surface area contributed by atoms with Crippen LogP contribution in [-0.2, 0) is 0 Å². The highest BCUT2D eigenvalue weighted by atomic mass is 19.1. The number of carbonyl (C=O) groups is 2. The van der Waals surface area contributed by atoms with Gasteiger partial charge in [0.2, 0.25) is 0 Å². The van der Waals surface area contributed by atoms with Gasteiger partial charge in [0.25, 0.3) is 0 Å². The average molecular weight is 470 g/mol. The van der Waals surface area contributed by atoms with Crippen molar-refractivity contribution in [2.75, 3.05) is 10.6 Å². The molecule has 0 aliphatic rings. The van der Waals surface area contributed by atoms with Gasteiger partial charge in [0.15, 0.2) is 11.6 Å². The molecule has 0 unspecified atom stereocenters. The average Bonchev–Trinajstić information content (AvgIpc) is 3.37. The Morgan fingerprint density at radius 2 is 1.66 bits per heavy atom. The molecular weight excluding hydrogens is 454 g/mol. The number of urea groups is 1. The van der Waals surface area contributed by atoms with Crippen LogP contribution in [0.5, 0.6) is 0 Å². The fraction of sp³-hybridized carbons (Fsp3) is 0. The Labute approximate surface area is 197 Å². The van der Waals surface area contributed by atoms with Crippen molar-refractivity contribution in [1.82, 2.24) is 19.5 Å². The van der Waals surface area contributed by atoms with Gasteiger partial charge in [0, 0.05) is 34.9 Å². The molecule has 2 heterocycles. The van der Waals surface area contributed by atoms with Gasteiger partial charge < -0.3 is 10.6 Å². The molecule has 8 nitrogen and oxygen atoms in total. The van der Waals surface area contributed by atoms with E-state index in [9.17, 15) is 18.4 Å². The quantitative estimate of drug-likeness (QED) is 0.353. The van der Waals surface area contributed by atoms with Crippen molar-refractivity contribution in [3.63, 3.8) is 0 Å². The van der Waals surface area contributed by atoms with E-state index in [0.29, 0.717) is 16.9 Å². The first-order chi connectivity index (χ1) is 16.9. The summed E-state index contributed by atoms with van der Waals surface area (Å²) in [6.45, 7) is 0. The third kappa shape index (κ3) is 4.86. The standard InChI is InChI=1S/C25H16F2N6O2/c26-17-2-1-3-19(11-17)30-25(35)31-20-9-16(8-18(27)12-20)24(34)15-4-5-21-22(10-15)32-23(13-29-21)33-7-6-28-14-33/h1-14H,(H2,30,31,35). The minimum Gasteiger partial charge on any atom is -0.308 e. The maximum absolute atomic E-state index is 14.3. The van der Waals surface area contributed by atoms with Crippen molar-refractivity contribution in [2.45, 2.75) is 0 Å². The number of hydrogen-bond donors (Lipinski definition) is 2. The van der Waals surface area contributed by atoms with Gasteiger partial charge in [-0.05, 0) is 54.6 Å². The maximum atomic E-state index is 14.3. The van der Waals surface area contributed by atoms with Crippen LogP contribution in [0.3, 0.4) is 0 Å². The summed E-state index contributed by atoms with van der Waals surface area (Å²) >= 11 is 0. The number of ketones is 1. The third-order valence-corrected chi connectivity index (χ3v) is 5.06. The van der Waals surface area contributed by atoms with E-state index in [1.54, 1.807) is 47.7 Å². The molecule has 2 amide bonds. The Balaban J connectivity index is 1.39. The Hall–Kier alpha value is -4.99. The van der Waals surface area contributed by atoms with Crippen LogP contribution < -0.4 is 10.6 Å². The second kappa shape index (κ2) is 9.10. The van der Waals surface area contributed by atoms with E-state index in [1.807, 2.05) is 0 Å². The van der Waals surface area contributed by atoms with E-state index < -0.39 is 23.4 Å². The first kappa shape index (κ1) is 21.8. The van der Waals surface area contributed by atoms with Crippen LogP contribution in [0, 0.1) is 11.6 Å². The van der Waals surface area contributed by atoms with Gasteiger partial charge in [-0.15, -0.1) is 0 Å². The number of benzene rings is 3. The zero-order chi connectivity index (χ0) is 24.4. The van der Waals surface area contributed by atoms with E-state index >= 15 is 0 Å². The molecule has 0 spiro atoms. The molecule has 10 heteroatoms. The summed E-state index contributed by atoms with van der Waals surface area (Å²) < 4.78 is 29.3. The van der Waals surface area contributed by atoms with Crippen LogP contribution in [0.2, 0.25) is 0 Å². The first-order valence-electron chi connectivity index (χ1n) is 10.4. The number of hydrogen-bond acceptors (Lipinski definition) is 5. The molecule has 3 aromatic carbocycles. The Kier molecular flexibility index (Phi) is 5.68. The molecule has 0 saturated carbocycles. The highest BCUT2D eigenvalue weighted by molar-refractivity contribution is 6.11. The van der Waals surface area contributed by atoms with Crippen molar-refractivity contribution < 1.29 is 18.4 Å². The number of fused-ring (bicyclic) bond motifs is 1. The number of carbonyl (C=O) groups excluding carboxylic acids is 2.